The molecule has 1 amide bonds. The van der Waals surface area contributed by atoms with Gasteiger partial charge in [-0.05, 0) is 52.6 Å². The van der Waals surface area contributed by atoms with Crippen molar-refractivity contribution in [1.82, 2.24) is 9.88 Å². The highest BCUT2D eigenvalue weighted by Gasteiger charge is 2.58. The van der Waals surface area contributed by atoms with Crippen LogP contribution in [0.15, 0.2) is 40.3 Å². The molecule has 160 valence electrons. The molecule has 9 heteroatoms. The van der Waals surface area contributed by atoms with Crippen LogP contribution in [-0.4, -0.2) is 46.7 Å². The molecule has 0 bridgehead atoms. The quantitative estimate of drug-likeness (QED) is 0.639. The first kappa shape index (κ1) is 21.3. The minimum absolute atomic E-state index is 0.0485. The van der Waals surface area contributed by atoms with Crippen LogP contribution in [0, 0.1) is 5.41 Å². The van der Waals surface area contributed by atoms with Gasteiger partial charge in [-0.2, -0.15) is 0 Å². The Kier molecular flexibility index (Phi) is 6.13. The van der Waals surface area contributed by atoms with Crippen LogP contribution in [0.3, 0.4) is 0 Å². The van der Waals surface area contributed by atoms with E-state index < -0.39 is 11.6 Å². The Bertz CT molecular complexity index is 903. The number of benzene rings is 1. The molecule has 4 rings (SSSR count). The fourth-order valence-electron chi connectivity index (χ4n) is 4.47. The molecule has 1 aliphatic carbocycles. The van der Waals surface area contributed by atoms with Gasteiger partial charge in [-0.3, -0.25) is 0 Å². The smallest absolute Gasteiger partial charge is 0.410 e. The van der Waals surface area contributed by atoms with E-state index in [1.165, 1.54) is 11.3 Å². The van der Waals surface area contributed by atoms with Gasteiger partial charge in [-0.15, -0.1) is 11.3 Å². The van der Waals surface area contributed by atoms with Gasteiger partial charge < -0.3 is 19.5 Å². The predicted octanol–water partition coefficient (Wildman–Crippen LogP) is 4.41. The number of halogens is 1. The fraction of sp³-hybridized carbons (Fsp3) is 0.476. The number of amides is 1. The first-order valence-electron chi connectivity index (χ1n) is 9.83. The number of piperidine rings is 1. The molecule has 2 fully saturated rings. The summed E-state index contributed by atoms with van der Waals surface area (Å²) in [6.45, 7) is 1.19. The lowest BCUT2D eigenvalue weighted by Gasteiger charge is -2.57. The van der Waals surface area contributed by atoms with Crippen molar-refractivity contribution in [3.05, 3.63) is 50.9 Å². The molecule has 1 aliphatic heterocycles. The number of nitrogens with zero attached hydrogens (tertiary/aromatic N) is 2. The molecule has 2 aromatic rings. The van der Waals surface area contributed by atoms with E-state index in [0.29, 0.717) is 13.1 Å². The fourth-order valence-corrected chi connectivity index (χ4v) is 5.87. The third kappa shape index (κ3) is 4.53. The van der Waals surface area contributed by atoms with Crippen LogP contribution >= 0.6 is 27.3 Å². The number of carboxylic acids is 1. The number of carbonyl (C=O) groups excluding carboxylic acids is 1. The summed E-state index contributed by atoms with van der Waals surface area (Å²) in [7, 11) is 0. The Balaban J connectivity index is 1.33. The van der Waals surface area contributed by atoms with Crippen molar-refractivity contribution in [2.75, 3.05) is 19.7 Å². The van der Waals surface area contributed by atoms with E-state index in [0.717, 1.165) is 40.9 Å². The third-order valence-electron chi connectivity index (χ3n) is 5.95. The van der Waals surface area contributed by atoms with Gasteiger partial charge in [-0.1, -0.05) is 30.3 Å². The molecule has 1 aromatic carbocycles. The summed E-state index contributed by atoms with van der Waals surface area (Å²) in [5.74, 6) is -0.984. The first-order valence-corrected chi connectivity index (χ1v) is 11.5. The van der Waals surface area contributed by atoms with Crippen LogP contribution in [0.1, 0.15) is 36.3 Å². The second-order valence-electron chi connectivity index (χ2n) is 8.03. The Morgan fingerprint density at radius 2 is 1.90 bits per heavy atom. The lowest BCUT2D eigenvalue weighted by molar-refractivity contribution is -0.198. The number of carbonyl (C=O) groups is 2. The maximum absolute atomic E-state index is 12.4. The number of rotatable bonds is 6. The highest BCUT2D eigenvalue weighted by molar-refractivity contribution is 9.10. The summed E-state index contributed by atoms with van der Waals surface area (Å²) < 4.78 is 12.0. The lowest BCUT2D eigenvalue weighted by Crippen LogP contribution is -2.56. The second-order valence-corrected chi connectivity index (χ2v) is 9.70. The number of aliphatic carboxylic acids is 1. The largest absolute Gasteiger partial charge is 0.480 e. The van der Waals surface area contributed by atoms with Crippen LogP contribution in [-0.2, 0) is 26.5 Å². The van der Waals surface area contributed by atoms with Crippen LogP contribution < -0.4 is 0 Å². The summed E-state index contributed by atoms with van der Waals surface area (Å²) in [5, 5.41) is 11.8. The summed E-state index contributed by atoms with van der Waals surface area (Å²) in [4.78, 5) is 29.7. The molecule has 1 N–H and O–H groups in total. The minimum Gasteiger partial charge on any atom is -0.480 e. The molecule has 30 heavy (non-hydrogen) atoms. The van der Waals surface area contributed by atoms with Gasteiger partial charge in [0.15, 0.2) is 0 Å². The van der Waals surface area contributed by atoms with E-state index in [9.17, 15) is 9.59 Å². The maximum Gasteiger partial charge on any atom is 0.410 e. The van der Waals surface area contributed by atoms with Gasteiger partial charge in [0.2, 0.25) is 0 Å². The van der Waals surface area contributed by atoms with Crippen LogP contribution in [0.4, 0.5) is 4.79 Å². The van der Waals surface area contributed by atoms with E-state index in [1.807, 2.05) is 35.7 Å². The van der Waals surface area contributed by atoms with E-state index in [2.05, 4.69) is 20.9 Å². The topological polar surface area (TPSA) is 89.0 Å². The van der Waals surface area contributed by atoms with Gasteiger partial charge in [-0.25, -0.2) is 14.6 Å². The molecule has 1 spiro atoms. The molecule has 1 aromatic heterocycles. The molecule has 7 nitrogen and oxygen atoms in total. The van der Waals surface area contributed by atoms with E-state index >= 15 is 0 Å². The van der Waals surface area contributed by atoms with Crippen molar-refractivity contribution in [2.45, 2.75) is 37.9 Å². The summed E-state index contributed by atoms with van der Waals surface area (Å²) >= 11 is 4.85. The van der Waals surface area contributed by atoms with E-state index in [-0.39, 0.29) is 24.7 Å². The van der Waals surface area contributed by atoms with Crippen molar-refractivity contribution in [3.63, 3.8) is 0 Å². The standard InChI is InChI=1S/C21H23BrN2O5S/c22-16-12-30-18(23-16)21(29-11-17(25)26)13-20(14-21)6-8-24(9-7-20)19(27)28-10-15-4-2-1-3-5-15/h1-5,12H,6-11,13-14H2,(H,25,26). The van der Waals surface area contributed by atoms with Crippen molar-refractivity contribution < 1.29 is 24.2 Å². The summed E-state index contributed by atoms with van der Waals surface area (Å²) in [5.41, 5.74) is 0.367. The molecule has 1 saturated heterocycles. The van der Waals surface area contributed by atoms with E-state index in [4.69, 9.17) is 14.6 Å². The first-order chi connectivity index (χ1) is 14.4. The van der Waals surface area contributed by atoms with Gasteiger partial charge >= 0.3 is 12.1 Å². The molecular formula is C21H23BrN2O5S. The zero-order valence-electron chi connectivity index (χ0n) is 16.4. The molecular weight excluding hydrogens is 472 g/mol. The Morgan fingerprint density at radius 1 is 1.20 bits per heavy atom. The number of aromatic nitrogens is 1. The number of hydrogen-bond donors (Lipinski definition) is 1. The Morgan fingerprint density at radius 3 is 2.50 bits per heavy atom. The normalized spacial score (nSPS) is 19.3. The monoisotopic (exact) mass is 494 g/mol. The molecule has 1 saturated carbocycles. The van der Waals surface area contributed by atoms with Gasteiger partial charge in [0.25, 0.3) is 0 Å². The summed E-state index contributed by atoms with van der Waals surface area (Å²) in [6.07, 6.45) is 2.85. The number of carboxylic acid groups (broad SMARTS) is 1. The average Bonchev–Trinajstić information content (AvgIpc) is 3.16. The zero-order chi connectivity index (χ0) is 21.2. The highest BCUT2D eigenvalue weighted by Crippen LogP contribution is 2.61. The number of ether oxygens (including phenoxy) is 2. The van der Waals surface area contributed by atoms with Crippen molar-refractivity contribution in [3.8, 4) is 0 Å². The van der Waals surface area contributed by atoms with Crippen molar-refractivity contribution in [1.29, 1.82) is 0 Å². The summed E-state index contributed by atoms with van der Waals surface area (Å²) in [6, 6.07) is 9.63. The van der Waals surface area contributed by atoms with Crippen LogP contribution in [0.25, 0.3) is 0 Å². The number of hydrogen-bond acceptors (Lipinski definition) is 6. The predicted molar refractivity (Wildman–Crippen MR) is 114 cm³/mol. The third-order valence-corrected chi connectivity index (χ3v) is 7.68. The van der Waals surface area contributed by atoms with Gasteiger partial charge in [0.05, 0.1) is 0 Å². The molecule has 2 heterocycles. The molecule has 0 unspecified atom stereocenters. The van der Waals surface area contributed by atoms with Gasteiger partial charge in [0.1, 0.15) is 28.4 Å². The van der Waals surface area contributed by atoms with Crippen molar-refractivity contribution in [2.24, 2.45) is 5.41 Å². The van der Waals surface area contributed by atoms with E-state index in [1.54, 1.807) is 4.90 Å². The highest BCUT2D eigenvalue weighted by atomic mass is 79.9. The van der Waals surface area contributed by atoms with Gasteiger partial charge in [0, 0.05) is 18.5 Å². The molecule has 0 atom stereocenters. The molecule has 0 radical (unpaired) electrons. The Labute approximate surface area is 187 Å². The maximum atomic E-state index is 12.4. The average molecular weight is 495 g/mol. The SMILES string of the molecule is O=C(O)COC1(c2nc(Br)cs2)CC2(CCN(C(=O)OCc3ccccc3)CC2)C1. The number of likely N-dealkylation sites (tertiary alicyclic amines) is 1. The second kappa shape index (κ2) is 8.64. The molecule has 2 aliphatic rings. The minimum atomic E-state index is -0.984. The van der Waals surface area contributed by atoms with Crippen molar-refractivity contribution >= 4 is 39.3 Å². The van der Waals surface area contributed by atoms with Crippen LogP contribution in [0.2, 0.25) is 0 Å². The number of thiazole rings is 1. The zero-order valence-corrected chi connectivity index (χ0v) is 18.8. The van der Waals surface area contributed by atoms with Crippen LogP contribution in [0.5, 0.6) is 0 Å². The lowest BCUT2D eigenvalue weighted by atomic mass is 9.55. The Hall–Kier alpha value is -1.97.